The summed E-state index contributed by atoms with van der Waals surface area (Å²) in [6.07, 6.45) is 2.20. The number of Topliss-reactive ketones (excluding diaryl/α,β-unsaturated/α-hetero) is 1. The summed E-state index contributed by atoms with van der Waals surface area (Å²) >= 11 is 1.29. The molecule has 0 saturated heterocycles. The molecular formula is C21H19F2N3OS. The van der Waals surface area contributed by atoms with Crippen molar-refractivity contribution >= 4 is 17.5 Å². The van der Waals surface area contributed by atoms with E-state index in [1.54, 1.807) is 6.92 Å². The molecule has 0 bridgehead atoms. The average molecular weight is 399 g/mol. The van der Waals surface area contributed by atoms with Gasteiger partial charge in [0, 0.05) is 11.5 Å². The van der Waals surface area contributed by atoms with Crippen LogP contribution in [0.25, 0.3) is 0 Å². The summed E-state index contributed by atoms with van der Waals surface area (Å²) in [5.74, 6) is -0.896. The molecule has 1 heterocycles. The van der Waals surface area contributed by atoms with Gasteiger partial charge in [-0.25, -0.2) is 8.78 Å². The van der Waals surface area contributed by atoms with E-state index in [9.17, 15) is 13.6 Å². The Bertz CT molecular complexity index is 1000. The van der Waals surface area contributed by atoms with Crippen molar-refractivity contribution in [3.05, 3.63) is 77.1 Å². The van der Waals surface area contributed by atoms with Gasteiger partial charge in [-0.15, -0.1) is 10.2 Å². The molecule has 1 aliphatic rings. The number of thioether (sulfide) groups is 1. The molecule has 0 radical (unpaired) electrons. The summed E-state index contributed by atoms with van der Waals surface area (Å²) in [5, 5.41) is 8.82. The van der Waals surface area contributed by atoms with Gasteiger partial charge in [-0.05, 0) is 43.5 Å². The van der Waals surface area contributed by atoms with E-state index in [4.69, 9.17) is 0 Å². The minimum absolute atomic E-state index is 0.149. The van der Waals surface area contributed by atoms with Crippen LogP contribution in [-0.4, -0.2) is 25.8 Å². The summed E-state index contributed by atoms with van der Waals surface area (Å²) in [6, 6.07) is 13.2. The van der Waals surface area contributed by atoms with Crippen molar-refractivity contribution in [1.82, 2.24) is 14.8 Å². The Morgan fingerprint density at radius 2 is 1.89 bits per heavy atom. The van der Waals surface area contributed by atoms with Gasteiger partial charge in [0.1, 0.15) is 5.82 Å². The monoisotopic (exact) mass is 399 g/mol. The molecule has 1 fully saturated rings. The Balaban J connectivity index is 1.56. The maximum absolute atomic E-state index is 13.5. The zero-order chi connectivity index (χ0) is 19.7. The van der Waals surface area contributed by atoms with Gasteiger partial charge >= 0.3 is 0 Å². The van der Waals surface area contributed by atoms with Gasteiger partial charge in [0.25, 0.3) is 0 Å². The van der Waals surface area contributed by atoms with Crippen molar-refractivity contribution in [3.8, 4) is 0 Å². The molecule has 1 saturated carbocycles. The van der Waals surface area contributed by atoms with Crippen LogP contribution in [0.3, 0.4) is 0 Å². The zero-order valence-electron chi connectivity index (χ0n) is 15.3. The summed E-state index contributed by atoms with van der Waals surface area (Å²) in [6.45, 7) is 2.38. The number of hydrogen-bond donors (Lipinski definition) is 0. The Morgan fingerprint density at radius 3 is 2.57 bits per heavy atom. The van der Waals surface area contributed by atoms with E-state index in [2.05, 4.69) is 14.8 Å². The third kappa shape index (κ3) is 3.99. The van der Waals surface area contributed by atoms with E-state index in [1.165, 1.54) is 17.8 Å². The van der Waals surface area contributed by atoms with Gasteiger partial charge in [-0.2, -0.15) is 0 Å². The molecule has 4 rings (SSSR count). The standard InChI is InChI=1S/C21H19F2N3OS/c1-13(19(27)16-9-10-17(22)18(23)11-16)28-21-25-24-20(15-7-8-15)26(21)12-14-5-3-2-4-6-14/h2-6,9-11,13,15H,7-8,12H2,1H3. The first-order valence-corrected chi connectivity index (χ1v) is 10.0. The fourth-order valence-electron chi connectivity index (χ4n) is 3.04. The number of nitrogens with zero attached hydrogens (tertiary/aromatic N) is 3. The minimum atomic E-state index is -1.02. The fraction of sp³-hybridized carbons (Fsp3) is 0.286. The molecule has 144 valence electrons. The molecule has 1 aromatic heterocycles. The molecule has 2 aromatic carbocycles. The topological polar surface area (TPSA) is 47.8 Å². The summed E-state index contributed by atoms with van der Waals surface area (Å²) < 4.78 is 28.7. The molecular weight excluding hydrogens is 380 g/mol. The predicted molar refractivity (Wildman–Crippen MR) is 104 cm³/mol. The normalized spacial score (nSPS) is 14.8. The summed E-state index contributed by atoms with van der Waals surface area (Å²) in [4.78, 5) is 12.7. The predicted octanol–water partition coefficient (Wildman–Crippen LogP) is 4.85. The number of carbonyl (C=O) groups excluding carboxylic acids is 1. The molecule has 7 heteroatoms. The molecule has 0 spiro atoms. The van der Waals surface area contributed by atoms with E-state index >= 15 is 0 Å². The van der Waals surface area contributed by atoms with Crippen LogP contribution in [0.2, 0.25) is 0 Å². The van der Waals surface area contributed by atoms with E-state index in [1.807, 2.05) is 30.3 Å². The SMILES string of the molecule is CC(Sc1nnc(C2CC2)n1Cc1ccccc1)C(=O)c1ccc(F)c(F)c1. The maximum Gasteiger partial charge on any atom is 0.192 e. The second kappa shape index (κ2) is 7.83. The second-order valence-electron chi connectivity index (χ2n) is 6.94. The first-order chi connectivity index (χ1) is 13.5. The van der Waals surface area contributed by atoms with Gasteiger partial charge in [-0.3, -0.25) is 4.79 Å². The minimum Gasteiger partial charge on any atom is -0.301 e. The van der Waals surface area contributed by atoms with Crippen LogP contribution in [0.5, 0.6) is 0 Å². The van der Waals surface area contributed by atoms with Crippen molar-refractivity contribution in [3.63, 3.8) is 0 Å². The number of halogens is 2. The maximum atomic E-state index is 13.5. The molecule has 0 aliphatic heterocycles. The quantitative estimate of drug-likeness (QED) is 0.421. The highest BCUT2D eigenvalue weighted by Crippen LogP contribution is 2.40. The van der Waals surface area contributed by atoms with Crippen molar-refractivity contribution in [1.29, 1.82) is 0 Å². The summed E-state index contributed by atoms with van der Waals surface area (Å²) in [5.41, 5.74) is 1.28. The average Bonchev–Trinajstić information content (AvgIpc) is 3.47. The van der Waals surface area contributed by atoms with Crippen molar-refractivity contribution in [2.45, 2.75) is 42.6 Å². The third-order valence-electron chi connectivity index (χ3n) is 4.73. The van der Waals surface area contributed by atoms with E-state index in [0.29, 0.717) is 17.6 Å². The highest BCUT2D eigenvalue weighted by molar-refractivity contribution is 8.00. The van der Waals surface area contributed by atoms with Crippen LogP contribution < -0.4 is 0 Å². The Kier molecular flexibility index (Phi) is 5.26. The van der Waals surface area contributed by atoms with E-state index in [0.717, 1.165) is 36.4 Å². The molecule has 1 atom stereocenters. The number of carbonyl (C=O) groups is 1. The van der Waals surface area contributed by atoms with Crippen molar-refractivity contribution in [2.24, 2.45) is 0 Å². The molecule has 1 aliphatic carbocycles. The van der Waals surface area contributed by atoms with Crippen LogP contribution in [-0.2, 0) is 6.54 Å². The summed E-state index contributed by atoms with van der Waals surface area (Å²) in [7, 11) is 0. The highest BCUT2D eigenvalue weighted by Gasteiger charge is 2.31. The van der Waals surface area contributed by atoms with Crippen LogP contribution in [0.1, 0.15) is 47.4 Å². The van der Waals surface area contributed by atoms with Crippen LogP contribution >= 0.6 is 11.8 Å². The van der Waals surface area contributed by atoms with Gasteiger partial charge in [0.15, 0.2) is 22.6 Å². The first kappa shape index (κ1) is 18.8. The van der Waals surface area contributed by atoms with Gasteiger partial charge < -0.3 is 4.57 Å². The molecule has 0 amide bonds. The lowest BCUT2D eigenvalue weighted by Gasteiger charge is -2.13. The molecule has 3 aromatic rings. The number of hydrogen-bond acceptors (Lipinski definition) is 4. The van der Waals surface area contributed by atoms with E-state index < -0.39 is 16.9 Å². The first-order valence-electron chi connectivity index (χ1n) is 9.16. The second-order valence-corrected chi connectivity index (χ2v) is 8.25. The number of benzene rings is 2. The molecule has 28 heavy (non-hydrogen) atoms. The van der Waals surface area contributed by atoms with Crippen LogP contribution in [0.15, 0.2) is 53.7 Å². The van der Waals surface area contributed by atoms with Crippen LogP contribution in [0, 0.1) is 11.6 Å². The van der Waals surface area contributed by atoms with Gasteiger partial charge in [-0.1, -0.05) is 42.1 Å². The fourth-order valence-corrected chi connectivity index (χ4v) is 3.97. The number of ketones is 1. The molecule has 1 unspecified atom stereocenters. The molecule has 4 nitrogen and oxygen atoms in total. The Hall–Kier alpha value is -2.54. The van der Waals surface area contributed by atoms with Crippen molar-refractivity contribution in [2.75, 3.05) is 0 Å². The van der Waals surface area contributed by atoms with Gasteiger partial charge in [0.05, 0.1) is 11.8 Å². The Labute approximate surface area is 166 Å². The van der Waals surface area contributed by atoms with E-state index in [-0.39, 0.29) is 11.3 Å². The lowest BCUT2D eigenvalue weighted by atomic mass is 10.1. The van der Waals surface area contributed by atoms with Crippen LogP contribution in [0.4, 0.5) is 8.78 Å². The number of aromatic nitrogens is 3. The number of rotatable bonds is 7. The lowest BCUT2D eigenvalue weighted by Crippen LogP contribution is -2.16. The van der Waals surface area contributed by atoms with Crippen molar-refractivity contribution < 1.29 is 13.6 Å². The Morgan fingerprint density at radius 1 is 1.14 bits per heavy atom. The lowest BCUT2D eigenvalue weighted by molar-refractivity contribution is 0.0993. The van der Waals surface area contributed by atoms with Gasteiger partial charge in [0.2, 0.25) is 0 Å². The zero-order valence-corrected chi connectivity index (χ0v) is 16.1. The smallest absolute Gasteiger partial charge is 0.192 e. The molecule has 0 N–H and O–H groups in total. The highest BCUT2D eigenvalue weighted by atomic mass is 32.2. The third-order valence-corrected chi connectivity index (χ3v) is 5.81. The largest absolute Gasteiger partial charge is 0.301 e.